The molecule has 0 spiro atoms. The molecule has 2 saturated heterocycles. The second kappa shape index (κ2) is 7.07. The van der Waals surface area contributed by atoms with E-state index in [9.17, 15) is 8.42 Å². The molecule has 0 N–H and O–H groups in total. The van der Waals surface area contributed by atoms with Gasteiger partial charge in [-0.25, -0.2) is 8.42 Å². The van der Waals surface area contributed by atoms with E-state index in [1.54, 1.807) is 22.5 Å². The maximum Gasteiger partial charge on any atom is 0.243 e. The summed E-state index contributed by atoms with van der Waals surface area (Å²) in [6, 6.07) is 4.89. The van der Waals surface area contributed by atoms with Crippen LogP contribution in [0.25, 0.3) is 0 Å². The predicted octanol–water partition coefficient (Wildman–Crippen LogP) is 2.13. The van der Waals surface area contributed by atoms with E-state index in [0.29, 0.717) is 29.1 Å². The molecule has 0 saturated carbocycles. The van der Waals surface area contributed by atoms with Crippen molar-refractivity contribution in [2.24, 2.45) is 0 Å². The summed E-state index contributed by atoms with van der Waals surface area (Å²) in [7, 11) is -3.44. The Morgan fingerprint density at radius 2 is 2.00 bits per heavy atom. The number of sulfonamides is 1. The number of benzene rings is 1. The third-order valence-electron chi connectivity index (χ3n) is 4.58. The summed E-state index contributed by atoms with van der Waals surface area (Å²) < 4.78 is 32.7. The number of rotatable bonds is 4. The highest BCUT2D eigenvalue weighted by molar-refractivity contribution is 7.89. The molecule has 1 unspecified atom stereocenters. The zero-order valence-electron chi connectivity index (χ0n) is 13.4. The number of nitrogens with zero attached hydrogens (tertiary/aromatic N) is 2. The van der Waals surface area contributed by atoms with Crippen molar-refractivity contribution in [3.63, 3.8) is 0 Å². The Balaban J connectivity index is 1.62. The van der Waals surface area contributed by atoms with E-state index in [0.717, 1.165) is 44.6 Å². The fourth-order valence-corrected chi connectivity index (χ4v) is 4.78. The molecule has 1 aromatic carbocycles. The summed E-state index contributed by atoms with van der Waals surface area (Å²) >= 11 is 5.99. The van der Waals surface area contributed by atoms with E-state index in [2.05, 4.69) is 4.90 Å². The molecular formula is C16H23ClN2O3S. The molecule has 128 valence electrons. The minimum Gasteiger partial charge on any atom is -0.377 e. The monoisotopic (exact) mass is 358 g/mol. The maximum absolute atomic E-state index is 12.7. The first-order valence-electron chi connectivity index (χ1n) is 8.07. The first-order chi connectivity index (χ1) is 11.0. The highest BCUT2D eigenvalue weighted by atomic mass is 35.5. The van der Waals surface area contributed by atoms with Gasteiger partial charge in [-0.3, -0.25) is 4.90 Å². The molecule has 3 rings (SSSR count). The zero-order valence-corrected chi connectivity index (χ0v) is 14.9. The molecule has 2 fully saturated rings. The van der Waals surface area contributed by atoms with Crippen LogP contribution in [0.15, 0.2) is 23.1 Å². The van der Waals surface area contributed by atoms with Crippen LogP contribution in [0.2, 0.25) is 5.02 Å². The van der Waals surface area contributed by atoms with Gasteiger partial charge in [-0.05, 0) is 43.5 Å². The summed E-state index contributed by atoms with van der Waals surface area (Å²) in [5.74, 6) is 0. The average Bonchev–Trinajstić information content (AvgIpc) is 3.03. The lowest BCUT2D eigenvalue weighted by Gasteiger charge is -2.35. The fourth-order valence-electron chi connectivity index (χ4n) is 3.16. The second-order valence-electron chi connectivity index (χ2n) is 6.25. The Labute approximate surface area is 143 Å². The van der Waals surface area contributed by atoms with E-state index < -0.39 is 10.0 Å². The molecule has 1 atom stereocenters. The molecule has 2 aliphatic heterocycles. The topological polar surface area (TPSA) is 49.9 Å². The third kappa shape index (κ3) is 3.88. The van der Waals surface area contributed by atoms with Crippen LogP contribution in [0.3, 0.4) is 0 Å². The van der Waals surface area contributed by atoms with Crippen LogP contribution >= 0.6 is 11.6 Å². The molecule has 0 radical (unpaired) electrons. The van der Waals surface area contributed by atoms with Crippen LogP contribution in [0.4, 0.5) is 0 Å². The molecule has 1 aromatic rings. The van der Waals surface area contributed by atoms with Gasteiger partial charge in [0.25, 0.3) is 0 Å². The molecule has 2 aliphatic rings. The summed E-state index contributed by atoms with van der Waals surface area (Å²) in [5, 5.41) is 0.588. The van der Waals surface area contributed by atoms with Gasteiger partial charge in [0.15, 0.2) is 0 Å². The first kappa shape index (κ1) is 17.2. The number of piperazine rings is 1. The Kier molecular flexibility index (Phi) is 5.28. The van der Waals surface area contributed by atoms with Crippen molar-refractivity contribution in [2.45, 2.75) is 30.8 Å². The standard InChI is InChI=1S/C16H23ClN2O3S/c1-13-11-15(4-5-16(13)17)23(20,21)19-8-6-18(7-9-19)12-14-3-2-10-22-14/h4-5,11,14H,2-3,6-10,12H2,1H3. The lowest BCUT2D eigenvalue weighted by Crippen LogP contribution is -2.50. The van der Waals surface area contributed by atoms with Crippen molar-refractivity contribution in [1.82, 2.24) is 9.21 Å². The number of ether oxygens (including phenoxy) is 1. The lowest BCUT2D eigenvalue weighted by molar-refractivity contribution is 0.0617. The van der Waals surface area contributed by atoms with Gasteiger partial charge in [0.1, 0.15) is 0 Å². The summed E-state index contributed by atoms with van der Waals surface area (Å²) in [4.78, 5) is 2.63. The van der Waals surface area contributed by atoms with Gasteiger partial charge in [0.2, 0.25) is 10.0 Å². The van der Waals surface area contributed by atoms with Crippen LogP contribution in [0.1, 0.15) is 18.4 Å². The van der Waals surface area contributed by atoms with Crippen LogP contribution in [0.5, 0.6) is 0 Å². The van der Waals surface area contributed by atoms with E-state index in [1.165, 1.54) is 0 Å². The minimum atomic E-state index is -3.44. The summed E-state index contributed by atoms with van der Waals surface area (Å²) in [5.41, 5.74) is 0.782. The SMILES string of the molecule is Cc1cc(S(=O)(=O)N2CCN(CC3CCCO3)CC2)ccc1Cl. The van der Waals surface area contributed by atoms with Gasteiger partial charge < -0.3 is 4.74 Å². The molecule has 7 heteroatoms. The van der Waals surface area contributed by atoms with Gasteiger partial charge in [0, 0.05) is 44.4 Å². The lowest BCUT2D eigenvalue weighted by atomic mass is 10.2. The highest BCUT2D eigenvalue weighted by Gasteiger charge is 2.30. The Hall–Kier alpha value is -0.660. The van der Waals surface area contributed by atoms with Crippen molar-refractivity contribution >= 4 is 21.6 Å². The van der Waals surface area contributed by atoms with Crippen LogP contribution in [0, 0.1) is 6.92 Å². The molecule has 0 aromatic heterocycles. The van der Waals surface area contributed by atoms with Gasteiger partial charge in [-0.1, -0.05) is 11.6 Å². The Morgan fingerprint density at radius 3 is 2.61 bits per heavy atom. The van der Waals surface area contributed by atoms with E-state index in [4.69, 9.17) is 16.3 Å². The van der Waals surface area contributed by atoms with Gasteiger partial charge in [-0.15, -0.1) is 0 Å². The predicted molar refractivity (Wildman–Crippen MR) is 90.4 cm³/mol. The summed E-state index contributed by atoms with van der Waals surface area (Å²) in [6.07, 6.45) is 2.56. The van der Waals surface area contributed by atoms with Crippen molar-refractivity contribution in [2.75, 3.05) is 39.3 Å². The van der Waals surface area contributed by atoms with E-state index in [1.807, 2.05) is 6.92 Å². The molecule has 5 nitrogen and oxygen atoms in total. The molecule has 0 bridgehead atoms. The van der Waals surface area contributed by atoms with Gasteiger partial charge >= 0.3 is 0 Å². The fraction of sp³-hybridized carbons (Fsp3) is 0.625. The Bertz CT molecular complexity index is 651. The number of aryl methyl sites for hydroxylation is 1. The average molecular weight is 359 g/mol. The number of hydrogen-bond acceptors (Lipinski definition) is 4. The normalized spacial score (nSPS) is 24.2. The molecule has 0 amide bonds. The molecule has 23 heavy (non-hydrogen) atoms. The van der Waals surface area contributed by atoms with Crippen LogP contribution in [-0.2, 0) is 14.8 Å². The van der Waals surface area contributed by atoms with E-state index in [-0.39, 0.29) is 0 Å². The minimum absolute atomic E-state index is 0.317. The third-order valence-corrected chi connectivity index (χ3v) is 6.90. The summed E-state index contributed by atoms with van der Waals surface area (Å²) in [6.45, 7) is 6.15. The van der Waals surface area contributed by atoms with Crippen molar-refractivity contribution < 1.29 is 13.2 Å². The molecule has 2 heterocycles. The quantitative estimate of drug-likeness (QED) is 0.827. The maximum atomic E-state index is 12.7. The van der Waals surface area contributed by atoms with Crippen molar-refractivity contribution in [3.05, 3.63) is 28.8 Å². The van der Waals surface area contributed by atoms with Crippen LogP contribution < -0.4 is 0 Å². The highest BCUT2D eigenvalue weighted by Crippen LogP contribution is 2.23. The largest absolute Gasteiger partial charge is 0.377 e. The Morgan fingerprint density at radius 1 is 1.26 bits per heavy atom. The zero-order chi connectivity index (χ0) is 16.4. The number of hydrogen-bond donors (Lipinski definition) is 0. The van der Waals surface area contributed by atoms with Crippen molar-refractivity contribution in [1.29, 1.82) is 0 Å². The smallest absolute Gasteiger partial charge is 0.243 e. The van der Waals surface area contributed by atoms with Gasteiger partial charge in [0.05, 0.1) is 11.0 Å². The molecular weight excluding hydrogens is 336 g/mol. The van der Waals surface area contributed by atoms with E-state index >= 15 is 0 Å². The second-order valence-corrected chi connectivity index (χ2v) is 8.60. The first-order valence-corrected chi connectivity index (χ1v) is 9.89. The van der Waals surface area contributed by atoms with Crippen molar-refractivity contribution in [3.8, 4) is 0 Å². The number of halogens is 1. The van der Waals surface area contributed by atoms with Gasteiger partial charge in [-0.2, -0.15) is 4.31 Å². The van der Waals surface area contributed by atoms with Crippen LogP contribution in [-0.4, -0.2) is 63.1 Å². The molecule has 0 aliphatic carbocycles.